The molecule has 0 saturated carbocycles. The Morgan fingerprint density at radius 2 is 1.82 bits per heavy atom. The van der Waals surface area contributed by atoms with Crippen LogP contribution in [0.25, 0.3) is 0 Å². The lowest BCUT2D eigenvalue weighted by Crippen LogP contribution is -2.42. The zero-order chi connectivity index (χ0) is 24.2. The molecule has 34 heavy (non-hydrogen) atoms. The fourth-order valence-corrected chi connectivity index (χ4v) is 5.98. The average molecular weight is 525 g/mol. The van der Waals surface area contributed by atoms with Crippen LogP contribution in [0.1, 0.15) is 55.7 Å². The van der Waals surface area contributed by atoms with Gasteiger partial charge in [-0.2, -0.15) is 0 Å². The minimum absolute atomic E-state index is 0.00852. The van der Waals surface area contributed by atoms with Crippen molar-refractivity contribution < 1.29 is 9.90 Å². The number of benzene rings is 2. The second kappa shape index (κ2) is 11.5. The zero-order valence-corrected chi connectivity index (χ0v) is 21.7. The van der Waals surface area contributed by atoms with Crippen LogP contribution < -0.4 is 5.32 Å². The number of rotatable bonds is 8. The van der Waals surface area contributed by atoms with E-state index in [9.17, 15) is 4.79 Å². The summed E-state index contributed by atoms with van der Waals surface area (Å²) in [6.07, 6.45) is 3.59. The highest BCUT2D eigenvalue weighted by molar-refractivity contribution is 6.35. The second-order valence-electron chi connectivity index (χ2n) is 9.47. The first-order valence-corrected chi connectivity index (χ1v) is 13.1. The molecule has 0 radical (unpaired) electrons. The van der Waals surface area contributed by atoms with Crippen molar-refractivity contribution in [1.29, 1.82) is 0 Å². The molecule has 2 aromatic rings. The Hall–Kier alpha value is -1.50. The van der Waals surface area contributed by atoms with Crippen LogP contribution in [0.2, 0.25) is 15.1 Å². The van der Waals surface area contributed by atoms with Crippen molar-refractivity contribution in [2.24, 2.45) is 0 Å². The Kier molecular flexibility index (Phi) is 8.65. The monoisotopic (exact) mass is 523 g/mol. The SMILES string of the molecule is C[C@@H](Nc1cc(C2CCN(C3CCN(CCC(=O)O)C3)CC2)ccc1Cl)c1ccc(Cl)cc1Cl. The predicted molar refractivity (Wildman–Crippen MR) is 141 cm³/mol. The normalized spacial score (nSPS) is 21.0. The number of hydrogen-bond donors (Lipinski definition) is 2. The molecule has 0 aromatic heterocycles. The van der Waals surface area contributed by atoms with E-state index in [0.717, 1.165) is 56.7 Å². The number of carbonyl (C=O) groups is 1. The molecule has 2 N–H and O–H groups in total. The Morgan fingerprint density at radius 1 is 1.06 bits per heavy atom. The highest BCUT2D eigenvalue weighted by Crippen LogP contribution is 2.36. The molecule has 2 heterocycles. The molecule has 2 aromatic carbocycles. The van der Waals surface area contributed by atoms with Gasteiger partial charge in [0.2, 0.25) is 0 Å². The molecule has 8 heteroatoms. The van der Waals surface area contributed by atoms with E-state index in [1.165, 1.54) is 5.56 Å². The van der Waals surface area contributed by atoms with Gasteiger partial charge in [0, 0.05) is 29.2 Å². The third-order valence-corrected chi connectivity index (χ3v) is 8.09. The number of nitrogens with one attached hydrogen (secondary N) is 1. The number of halogens is 3. The molecule has 1 unspecified atom stereocenters. The average Bonchev–Trinajstić information content (AvgIpc) is 3.28. The summed E-state index contributed by atoms with van der Waals surface area (Å²) >= 11 is 19.0. The quantitative estimate of drug-likeness (QED) is 0.410. The molecule has 5 nitrogen and oxygen atoms in total. The Morgan fingerprint density at radius 3 is 2.53 bits per heavy atom. The number of carboxylic acids is 1. The number of aliphatic carboxylic acids is 1. The summed E-state index contributed by atoms with van der Waals surface area (Å²) in [5.74, 6) is -0.209. The smallest absolute Gasteiger partial charge is 0.304 e. The number of carboxylic acid groups (broad SMARTS) is 1. The molecular formula is C26H32Cl3N3O2. The van der Waals surface area contributed by atoms with E-state index in [4.69, 9.17) is 39.9 Å². The number of nitrogens with zero attached hydrogens (tertiary/aromatic N) is 2. The number of hydrogen-bond acceptors (Lipinski definition) is 4. The minimum Gasteiger partial charge on any atom is -0.481 e. The van der Waals surface area contributed by atoms with E-state index in [-0.39, 0.29) is 12.5 Å². The molecular weight excluding hydrogens is 493 g/mol. The van der Waals surface area contributed by atoms with Gasteiger partial charge in [0.15, 0.2) is 0 Å². The van der Waals surface area contributed by atoms with E-state index in [0.29, 0.717) is 33.6 Å². The maximum atomic E-state index is 10.9. The van der Waals surface area contributed by atoms with Gasteiger partial charge in [-0.1, -0.05) is 46.9 Å². The van der Waals surface area contributed by atoms with E-state index < -0.39 is 5.97 Å². The first-order valence-electron chi connectivity index (χ1n) is 12.0. The van der Waals surface area contributed by atoms with Crippen LogP contribution in [-0.4, -0.2) is 59.6 Å². The van der Waals surface area contributed by atoms with Gasteiger partial charge in [-0.05, 0) is 87.1 Å². The molecule has 0 bridgehead atoms. The summed E-state index contributed by atoms with van der Waals surface area (Å²) in [7, 11) is 0. The molecule has 184 valence electrons. The van der Waals surface area contributed by atoms with Crippen molar-refractivity contribution in [2.45, 2.75) is 50.6 Å². The van der Waals surface area contributed by atoms with Gasteiger partial charge in [-0.15, -0.1) is 0 Å². The van der Waals surface area contributed by atoms with Crippen LogP contribution in [0.4, 0.5) is 5.69 Å². The molecule has 0 amide bonds. The molecule has 2 saturated heterocycles. The van der Waals surface area contributed by atoms with Crippen molar-refractivity contribution in [1.82, 2.24) is 9.80 Å². The first-order chi connectivity index (χ1) is 16.3. The number of likely N-dealkylation sites (tertiary alicyclic amines) is 2. The summed E-state index contributed by atoms with van der Waals surface area (Å²) in [6, 6.07) is 12.4. The predicted octanol–water partition coefficient (Wildman–Crippen LogP) is 6.55. The topological polar surface area (TPSA) is 55.8 Å². The summed E-state index contributed by atoms with van der Waals surface area (Å²) < 4.78 is 0. The van der Waals surface area contributed by atoms with Crippen molar-refractivity contribution in [3.8, 4) is 0 Å². The lowest BCUT2D eigenvalue weighted by Gasteiger charge is -2.36. The summed E-state index contributed by atoms with van der Waals surface area (Å²) in [6.45, 7) is 6.85. The van der Waals surface area contributed by atoms with Crippen LogP contribution in [0, 0.1) is 0 Å². The van der Waals surface area contributed by atoms with Crippen LogP contribution in [-0.2, 0) is 4.79 Å². The summed E-state index contributed by atoms with van der Waals surface area (Å²) in [4.78, 5) is 15.7. The van der Waals surface area contributed by atoms with E-state index >= 15 is 0 Å². The fourth-order valence-electron chi connectivity index (χ4n) is 5.24. The van der Waals surface area contributed by atoms with Crippen molar-refractivity contribution in [3.05, 3.63) is 62.6 Å². The van der Waals surface area contributed by atoms with Crippen LogP contribution >= 0.6 is 34.8 Å². The van der Waals surface area contributed by atoms with Crippen molar-refractivity contribution in [2.75, 3.05) is 38.0 Å². The maximum absolute atomic E-state index is 10.9. The fraction of sp³-hybridized carbons (Fsp3) is 0.500. The largest absolute Gasteiger partial charge is 0.481 e. The maximum Gasteiger partial charge on any atom is 0.304 e. The number of anilines is 1. The lowest BCUT2D eigenvalue weighted by molar-refractivity contribution is -0.137. The highest BCUT2D eigenvalue weighted by atomic mass is 35.5. The van der Waals surface area contributed by atoms with Crippen LogP contribution in [0.15, 0.2) is 36.4 Å². The van der Waals surface area contributed by atoms with E-state index in [1.54, 1.807) is 6.07 Å². The zero-order valence-electron chi connectivity index (χ0n) is 19.4. The Balaban J connectivity index is 1.34. The van der Waals surface area contributed by atoms with Gasteiger partial charge in [0.1, 0.15) is 0 Å². The highest BCUT2D eigenvalue weighted by Gasteiger charge is 2.31. The Labute approximate surface area is 217 Å². The van der Waals surface area contributed by atoms with Gasteiger partial charge in [0.25, 0.3) is 0 Å². The molecule has 2 atom stereocenters. The molecule has 4 rings (SSSR count). The molecule has 2 aliphatic rings. The standard InChI is InChI=1S/C26H32Cl3N3O2/c1-17(22-4-3-20(27)15-24(22)29)30-25-14-19(2-5-23(25)28)18-6-12-32(13-7-18)21-8-10-31(16-21)11-9-26(33)34/h2-5,14-15,17-18,21,30H,6-13,16H2,1H3,(H,33,34)/t17-,21?/m1/s1. The van der Waals surface area contributed by atoms with E-state index in [1.807, 2.05) is 18.2 Å². The van der Waals surface area contributed by atoms with Crippen molar-refractivity contribution >= 4 is 46.5 Å². The van der Waals surface area contributed by atoms with Gasteiger partial charge in [-0.3, -0.25) is 9.69 Å². The Bertz CT molecular complexity index is 1010. The van der Waals surface area contributed by atoms with Gasteiger partial charge < -0.3 is 15.3 Å². The molecule has 2 aliphatic heterocycles. The lowest BCUT2D eigenvalue weighted by atomic mass is 9.88. The van der Waals surface area contributed by atoms with Gasteiger partial charge in [0.05, 0.1) is 23.2 Å². The van der Waals surface area contributed by atoms with Gasteiger partial charge in [-0.25, -0.2) is 0 Å². The molecule has 0 spiro atoms. The molecule has 0 aliphatic carbocycles. The number of piperidine rings is 1. The molecule has 2 fully saturated rings. The van der Waals surface area contributed by atoms with Crippen LogP contribution in [0.5, 0.6) is 0 Å². The van der Waals surface area contributed by atoms with Gasteiger partial charge >= 0.3 is 5.97 Å². The third kappa shape index (κ3) is 6.38. The third-order valence-electron chi connectivity index (χ3n) is 7.20. The van der Waals surface area contributed by atoms with Crippen molar-refractivity contribution in [3.63, 3.8) is 0 Å². The first kappa shape index (κ1) is 25.6. The minimum atomic E-state index is -0.716. The van der Waals surface area contributed by atoms with Crippen LogP contribution in [0.3, 0.4) is 0 Å². The second-order valence-corrected chi connectivity index (χ2v) is 10.7. The summed E-state index contributed by atoms with van der Waals surface area (Å²) in [5, 5.41) is 14.4. The summed E-state index contributed by atoms with van der Waals surface area (Å²) in [5.41, 5.74) is 3.22. The van der Waals surface area contributed by atoms with E-state index in [2.05, 4.69) is 34.2 Å².